The molecule has 3 fully saturated rings. The average molecular weight is 519 g/mol. The van der Waals surface area contributed by atoms with E-state index in [4.69, 9.17) is 18.9 Å². The molecule has 0 aromatic rings. The van der Waals surface area contributed by atoms with Crippen molar-refractivity contribution in [3.05, 3.63) is 23.8 Å². The van der Waals surface area contributed by atoms with E-state index in [1.807, 2.05) is 19.9 Å². The molecule has 4 aliphatic carbocycles. The minimum atomic E-state index is -1.62. The van der Waals surface area contributed by atoms with Crippen LogP contribution < -0.4 is 0 Å². The monoisotopic (exact) mass is 518 g/mol. The number of fused-ring (bicyclic) bond motifs is 5. The van der Waals surface area contributed by atoms with Crippen molar-refractivity contribution in [3.63, 3.8) is 0 Å². The van der Waals surface area contributed by atoms with Gasteiger partial charge in [0.05, 0.1) is 19.8 Å². The van der Waals surface area contributed by atoms with Gasteiger partial charge in [0.1, 0.15) is 0 Å². The summed E-state index contributed by atoms with van der Waals surface area (Å²) in [7, 11) is 1.18. The smallest absolute Gasteiger partial charge is 0.438 e. The Balaban J connectivity index is 1.62. The van der Waals surface area contributed by atoms with Crippen molar-refractivity contribution in [2.24, 2.45) is 28.6 Å². The molecule has 0 aromatic carbocycles. The van der Waals surface area contributed by atoms with E-state index in [1.165, 1.54) is 7.11 Å². The third-order valence-corrected chi connectivity index (χ3v) is 9.53. The summed E-state index contributed by atoms with van der Waals surface area (Å²) in [6, 6.07) is 0. The molecule has 0 spiro atoms. The van der Waals surface area contributed by atoms with Crippen LogP contribution in [-0.2, 0) is 28.5 Å². The quantitative estimate of drug-likeness (QED) is 0.388. The lowest BCUT2D eigenvalue weighted by atomic mass is 9.46. The van der Waals surface area contributed by atoms with E-state index >= 15 is 0 Å². The summed E-state index contributed by atoms with van der Waals surface area (Å²) in [5, 5.41) is 11.6. The van der Waals surface area contributed by atoms with Gasteiger partial charge in [-0.2, -0.15) is 0 Å². The number of aliphatic hydroxyl groups excluding tert-OH is 1. The number of rotatable bonds is 7. The molecule has 3 saturated carbocycles. The van der Waals surface area contributed by atoms with Crippen molar-refractivity contribution >= 4 is 23.9 Å². The van der Waals surface area contributed by atoms with E-state index in [0.717, 1.165) is 24.8 Å². The van der Waals surface area contributed by atoms with E-state index in [-0.39, 0.29) is 43.0 Å². The normalized spacial score (nSPS) is 38.0. The molecular weight excluding hydrogens is 480 g/mol. The number of unbranched alkanes of at least 4 members (excludes halogenated alkanes) is 1. The Morgan fingerprint density at radius 1 is 1.14 bits per heavy atom. The Hall–Kier alpha value is -2.68. The molecule has 1 unspecified atom stereocenters. The van der Waals surface area contributed by atoms with Gasteiger partial charge < -0.3 is 24.1 Å². The summed E-state index contributed by atoms with van der Waals surface area (Å²) in [5.74, 6) is -0.707. The Morgan fingerprint density at radius 2 is 1.89 bits per heavy atom. The summed E-state index contributed by atoms with van der Waals surface area (Å²) < 4.78 is 20.6. The first-order valence-corrected chi connectivity index (χ1v) is 13.2. The Labute approximate surface area is 217 Å². The second-order valence-electron chi connectivity index (χ2n) is 11.3. The van der Waals surface area contributed by atoms with Crippen LogP contribution in [0.5, 0.6) is 0 Å². The predicted octanol–water partition coefficient (Wildman–Crippen LogP) is 4.31. The zero-order chi connectivity index (χ0) is 27.0. The van der Waals surface area contributed by atoms with Gasteiger partial charge in [-0.15, -0.1) is 0 Å². The van der Waals surface area contributed by atoms with Gasteiger partial charge in [-0.1, -0.05) is 38.8 Å². The number of Topliss-reactive ketones (excluding diaryl/α,β-unsaturated/α-hetero) is 1. The van der Waals surface area contributed by atoms with Crippen molar-refractivity contribution in [2.75, 3.05) is 20.3 Å². The summed E-state index contributed by atoms with van der Waals surface area (Å²) in [5.41, 5.74) is -1.94. The maximum atomic E-state index is 13.7. The van der Waals surface area contributed by atoms with Gasteiger partial charge >= 0.3 is 12.3 Å². The van der Waals surface area contributed by atoms with Crippen LogP contribution in [0, 0.1) is 28.6 Å². The molecule has 0 heterocycles. The van der Waals surface area contributed by atoms with Crippen molar-refractivity contribution in [3.8, 4) is 0 Å². The van der Waals surface area contributed by atoms with E-state index in [9.17, 15) is 24.3 Å². The average Bonchev–Trinajstić information content (AvgIpc) is 3.15. The molecule has 9 nitrogen and oxygen atoms in total. The molecule has 9 heteroatoms. The Kier molecular flexibility index (Phi) is 7.57. The van der Waals surface area contributed by atoms with E-state index in [2.05, 4.69) is 6.92 Å². The van der Waals surface area contributed by atoms with Crippen LogP contribution in [0.2, 0.25) is 0 Å². The van der Waals surface area contributed by atoms with Crippen molar-refractivity contribution < 1.29 is 43.2 Å². The molecule has 4 rings (SSSR count). The van der Waals surface area contributed by atoms with Gasteiger partial charge in [0, 0.05) is 16.7 Å². The number of hydrogen-bond acceptors (Lipinski definition) is 9. The topological polar surface area (TPSA) is 125 Å². The fourth-order valence-corrected chi connectivity index (χ4v) is 7.76. The van der Waals surface area contributed by atoms with Crippen LogP contribution in [0.15, 0.2) is 23.8 Å². The molecule has 0 aliphatic heterocycles. The maximum Gasteiger partial charge on any atom is 0.509 e. The zero-order valence-electron chi connectivity index (χ0n) is 22.1. The summed E-state index contributed by atoms with van der Waals surface area (Å²) in [6.07, 6.45) is 6.50. The number of hydrogen-bond donors (Lipinski definition) is 1. The molecule has 0 bridgehead atoms. The van der Waals surface area contributed by atoms with Gasteiger partial charge in [0.25, 0.3) is 0 Å². The highest BCUT2D eigenvalue weighted by atomic mass is 16.7. The first-order valence-electron chi connectivity index (χ1n) is 13.2. The predicted molar refractivity (Wildman–Crippen MR) is 131 cm³/mol. The largest absolute Gasteiger partial charge is 0.509 e. The number of carbonyl (C=O) groups excluding carboxylic acids is 4. The highest BCUT2D eigenvalue weighted by molar-refractivity contribution is 6.01. The Bertz CT molecular complexity index is 1020. The maximum absolute atomic E-state index is 13.7. The fraction of sp³-hybridized carbons (Fsp3) is 0.714. The molecule has 0 radical (unpaired) electrons. The second kappa shape index (κ2) is 10.2. The summed E-state index contributed by atoms with van der Waals surface area (Å²) in [6.45, 7) is 5.50. The molecule has 0 saturated heterocycles. The molecular formula is C28H38O9. The number of methoxy groups -OCH3 is 1. The first kappa shape index (κ1) is 27.4. The third kappa shape index (κ3) is 4.49. The first-order chi connectivity index (χ1) is 17.5. The van der Waals surface area contributed by atoms with E-state index in [1.54, 1.807) is 12.2 Å². The van der Waals surface area contributed by atoms with Gasteiger partial charge in [-0.25, -0.2) is 9.59 Å². The second-order valence-corrected chi connectivity index (χ2v) is 11.3. The summed E-state index contributed by atoms with van der Waals surface area (Å²) >= 11 is 0. The van der Waals surface area contributed by atoms with Crippen molar-refractivity contribution in [2.45, 2.75) is 77.4 Å². The minimum absolute atomic E-state index is 0.0320. The lowest BCUT2D eigenvalue weighted by molar-refractivity contribution is -0.183. The van der Waals surface area contributed by atoms with E-state index < -0.39 is 47.2 Å². The van der Waals surface area contributed by atoms with Crippen LogP contribution in [0.3, 0.4) is 0 Å². The SMILES string of the molecule is CCCCOC(=O)OCC(=O)[C@@]1(OC(=O)OC)CC[C@H]2[C@@H]3CCC4=CC(=O)C=C[C@]4(C)[C@H]3C(O)C[C@@]21C. The molecule has 204 valence electrons. The van der Waals surface area contributed by atoms with Crippen molar-refractivity contribution in [1.29, 1.82) is 0 Å². The highest BCUT2D eigenvalue weighted by Crippen LogP contribution is 2.67. The molecule has 37 heavy (non-hydrogen) atoms. The highest BCUT2D eigenvalue weighted by Gasteiger charge is 2.70. The van der Waals surface area contributed by atoms with E-state index in [0.29, 0.717) is 12.8 Å². The number of ketones is 2. The molecule has 0 aromatic heterocycles. The third-order valence-electron chi connectivity index (χ3n) is 9.53. The Morgan fingerprint density at radius 3 is 2.59 bits per heavy atom. The zero-order valence-corrected chi connectivity index (χ0v) is 22.1. The number of carbonyl (C=O) groups is 4. The van der Waals surface area contributed by atoms with Crippen LogP contribution >= 0.6 is 0 Å². The van der Waals surface area contributed by atoms with Gasteiger partial charge in [-0.3, -0.25) is 9.59 Å². The molecule has 0 amide bonds. The molecule has 4 aliphatic rings. The standard InChI is InChI=1S/C28H38O9/c1-5-6-13-35-25(33)36-16-22(31)28(37-24(32)34-4)12-10-20-19-8-7-17-14-18(29)9-11-26(17,2)23(19)21(30)15-27(20,28)3/h9,11,14,19-21,23,30H,5-8,10,12-13,15-16H2,1-4H3/t19-,20-,21?,23+,26-,27-,28-/m0/s1. The van der Waals surface area contributed by atoms with Crippen molar-refractivity contribution in [1.82, 2.24) is 0 Å². The molecule has 7 atom stereocenters. The van der Waals surface area contributed by atoms with Crippen LogP contribution in [0.1, 0.15) is 65.7 Å². The van der Waals surface area contributed by atoms with Gasteiger partial charge in [-0.05, 0) is 62.5 Å². The van der Waals surface area contributed by atoms with Gasteiger partial charge in [0.15, 0.2) is 18.0 Å². The number of aliphatic hydroxyl groups is 1. The minimum Gasteiger partial charge on any atom is -0.438 e. The summed E-state index contributed by atoms with van der Waals surface area (Å²) in [4.78, 5) is 50.2. The number of allylic oxidation sites excluding steroid dienone is 4. The lowest BCUT2D eigenvalue weighted by Gasteiger charge is -2.59. The van der Waals surface area contributed by atoms with Gasteiger partial charge in [0.2, 0.25) is 5.78 Å². The van der Waals surface area contributed by atoms with Crippen LogP contribution in [-0.4, -0.2) is 61.0 Å². The fourth-order valence-electron chi connectivity index (χ4n) is 7.76. The molecule has 1 N–H and O–H groups in total. The lowest BCUT2D eigenvalue weighted by Crippen LogP contribution is -2.63. The van der Waals surface area contributed by atoms with Crippen LogP contribution in [0.4, 0.5) is 9.59 Å². The van der Waals surface area contributed by atoms with Crippen LogP contribution in [0.25, 0.3) is 0 Å². The number of ether oxygens (including phenoxy) is 4.